The highest BCUT2D eigenvalue weighted by Crippen LogP contribution is 2.41. The van der Waals surface area contributed by atoms with Crippen LogP contribution in [0.15, 0.2) is 12.1 Å². The third-order valence-corrected chi connectivity index (χ3v) is 3.15. The van der Waals surface area contributed by atoms with Gasteiger partial charge in [0.1, 0.15) is 0 Å². The summed E-state index contributed by atoms with van der Waals surface area (Å²) in [6.45, 7) is 0. The molecule has 0 amide bonds. The number of carboxylic acid groups (broad SMARTS) is 1. The van der Waals surface area contributed by atoms with Gasteiger partial charge in [0.2, 0.25) is 5.75 Å². The molecule has 106 valence electrons. The average molecular weight is 275 g/mol. The highest BCUT2D eigenvalue weighted by molar-refractivity contribution is 5.87. The Balaban J connectivity index is 2.40. The number of terminal acetylenes is 1. The fraction of sp³-hybridized carbons (Fsp3) is 0.400. The Bertz CT molecular complexity index is 554. The molecule has 2 rings (SSSR count). The molecule has 1 aromatic rings. The number of hydrogen-bond acceptors (Lipinski definition) is 5. The maximum Gasteiger partial charge on any atom is 0.203 e. The Hall–Kier alpha value is -2.35. The topological polar surface area (TPSA) is 67.8 Å². The molecule has 0 bridgehead atoms. The molecule has 1 aliphatic carbocycles. The number of aromatic carboxylic acids is 1. The molecule has 0 spiro atoms. The summed E-state index contributed by atoms with van der Waals surface area (Å²) < 4.78 is 16.0. The molecule has 1 aliphatic rings. The molecule has 0 saturated heterocycles. The normalized spacial score (nSPS) is 15.1. The molecule has 0 aromatic heterocycles. The third kappa shape index (κ3) is 2.80. The third-order valence-electron chi connectivity index (χ3n) is 3.15. The molecule has 0 radical (unpaired) electrons. The van der Waals surface area contributed by atoms with Crippen molar-refractivity contribution in [3.63, 3.8) is 0 Å². The van der Waals surface area contributed by atoms with Crippen LogP contribution in [0.3, 0.4) is 0 Å². The van der Waals surface area contributed by atoms with Crippen LogP contribution in [0.5, 0.6) is 17.2 Å². The second kappa shape index (κ2) is 5.74. The minimum absolute atomic E-state index is 0.0516. The fourth-order valence-corrected chi connectivity index (χ4v) is 1.94. The van der Waals surface area contributed by atoms with Crippen molar-refractivity contribution in [1.29, 1.82) is 0 Å². The zero-order valence-electron chi connectivity index (χ0n) is 11.3. The molecular weight excluding hydrogens is 260 g/mol. The molecule has 1 unspecified atom stereocenters. The molecule has 20 heavy (non-hydrogen) atoms. The minimum Gasteiger partial charge on any atom is -0.545 e. The minimum atomic E-state index is -1.32. The maximum atomic E-state index is 11.0. The van der Waals surface area contributed by atoms with Crippen molar-refractivity contribution in [2.75, 3.05) is 14.2 Å². The zero-order valence-corrected chi connectivity index (χ0v) is 11.3. The van der Waals surface area contributed by atoms with Crippen LogP contribution < -0.4 is 19.3 Å². The number of carbonyl (C=O) groups is 1. The van der Waals surface area contributed by atoms with Gasteiger partial charge in [-0.2, -0.15) is 0 Å². The molecule has 5 nitrogen and oxygen atoms in total. The second-order valence-corrected chi connectivity index (χ2v) is 4.54. The van der Waals surface area contributed by atoms with E-state index in [1.165, 1.54) is 26.4 Å². The van der Waals surface area contributed by atoms with E-state index in [4.69, 9.17) is 20.6 Å². The fourth-order valence-electron chi connectivity index (χ4n) is 1.94. The number of methoxy groups -OCH3 is 2. The second-order valence-electron chi connectivity index (χ2n) is 4.54. The van der Waals surface area contributed by atoms with Crippen LogP contribution in [0.4, 0.5) is 0 Å². The van der Waals surface area contributed by atoms with Crippen molar-refractivity contribution < 1.29 is 24.1 Å². The molecule has 0 N–H and O–H groups in total. The van der Waals surface area contributed by atoms with Gasteiger partial charge in [-0.1, -0.05) is 5.92 Å². The zero-order chi connectivity index (χ0) is 14.7. The maximum absolute atomic E-state index is 11.0. The first kappa shape index (κ1) is 14.1. The standard InChI is InChI=1S/C15H16O5/c1-4-11(9-5-6-9)20-13-8-10(15(16)17)7-12(18-2)14(13)19-3/h1,7-9,11H,5-6H2,2-3H3,(H,16,17)/p-1. The summed E-state index contributed by atoms with van der Waals surface area (Å²) >= 11 is 0. The van der Waals surface area contributed by atoms with E-state index in [9.17, 15) is 9.90 Å². The van der Waals surface area contributed by atoms with Gasteiger partial charge in [0.25, 0.3) is 0 Å². The van der Waals surface area contributed by atoms with Gasteiger partial charge in [-0.3, -0.25) is 0 Å². The van der Waals surface area contributed by atoms with Gasteiger partial charge in [-0.05, 0) is 25.0 Å². The Labute approximate surface area is 117 Å². The predicted octanol–water partition coefficient (Wildman–Crippen LogP) is 0.858. The average Bonchev–Trinajstić information content (AvgIpc) is 3.27. The number of benzene rings is 1. The highest BCUT2D eigenvalue weighted by atomic mass is 16.5. The van der Waals surface area contributed by atoms with Crippen LogP contribution in [0.25, 0.3) is 0 Å². The number of carboxylic acids is 1. The number of hydrogen-bond donors (Lipinski definition) is 0. The first-order valence-corrected chi connectivity index (χ1v) is 6.20. The van der Waals surface area contributed by atoms with Crippen LogP contribution in [-0.2, 0) is 0 Å². The molecular formula is C15H15O5-. The summed E-state index contributed by atoms with van der Waals surface area (Å²) in [6.07, 6.45) is 7.07. The van der Waals surface area contributed by atoms with E-state index in [-0.39, 0.29) is 17.1 Å². The van der Waals surface area contributed by atoms with Crippen molar-refractivity contribution in [1.82, 2.24) is 0 Å². The molecule has 1 saturated carbocycles. The number of carbonyl (C=O) groups excluding carboxylic acids is 1. The lowest BCUT2D eigenvalue weighted by atomic mass is 10.1. The van der Waals surface area contributed by atoms with Crippen LogP contribution in [0, 0.1) is 18.3 Å². The first-order chi connectivity index (χ1) is 9.60. The lowest BCUT2D eigenvalue weighted by molar-refractivity contribution is -0.255. The van der Waals surface area contributed by atoms with E-state index >= 15 is 0 Å². The van der Waals surface area contributed by atoms with Crippen LogP contribution in [-0.4, -0.2) is 26.3 Å². The van der Waals surface area contributed by atoms with Crippen molar-refractivity contribution in [2.24, 2.45) is 5.92 Å². The Morgan fingerprint density at radius 1 is 1.35 bits per heavy atom. The summed E-state index contributed by atoms with van der Waals surface area (Å²) in [7, 11) is 2.87. The lowest BCUT2D eigenvalue weighted by Crippen LogP contribution is -2.23. The monoisotopic (exact) mass is 275 g/mol. The Kier molecular flexibility index (Phi) is 4.04. The molecule has 1 aromatic carbocycles. The van der Waals surface area contributed by atoms with E-state index in [0.29, 0.717) is 11.7 Å². The summed E-state index contributed by atoms with van der Waals surface area (Å²) in [5, 5.41) is 11.0. The summed E-state index contributed by atoms with van der Waals surface area (Å²) in [6, 6.07) is 2.66. The van der Waals surface area contributed by atoms with Gasteiger partial charge in [0.15, 0.2) is 17.6 Å². The summed E-state index contributed by atoms with van der Waals surface area (Å²) in [4.78, 5) is 11.0. The van der Waals surface area contributed by atoms with E-state index in [0.717, 1.165) is 12.8 Å². The molecule has 0 aliphatic heterocycles. The van der Waals surface area contributed by atoms with Gasteiger partial charge in [-0.25, -0.2) is 0 Å². The van der Waals surface area contributed by atoms with Crippen molar-refractivity contribution in [2.45, 2.75) is 18.9 Å². The van der Waals surface area contributed by atoms with Gasteiger partial charge in [0.05, 0.1) is 20.2 Å². The quantitative estimate of drug-likeness (QED) is 0.720. The van der Waals surface area contributed by atoms with Crippen molar-refractivity contribution in [3.8, 4) is 29.6 Å². The van der Waals surface area contributed by atoms with Crippen LogP contribution in [0.1, 0.15) is 23.2 Å². The first-order valence-electron chi connectivity index (χ1n) is 6.20. The number of rotatable bonds is 6. The van der Waals surface area contributed by atoms with Crippen LogP contribution in [0.2, 0.25) is 0 Å². The molecule has 5 heteroatoms. The van der Waals surface area contributed by atoms with E-state index in [1.54, 1.807) is 0 Å². The SMILES string of the molecule is C#CC(Oc1cc(C(=O)[O-])cc(OC)c1OC)C1CC1. The highest BCUT2D eigenvalue weighted by Gasteiger charge is 2.32. The molecule has 0 heterocycles. The smallest absolute Gasteiger partial charge is 0.203 e. The van der Waals surface area contributed by atoms with E-state index in [1.807, 2.05) is 0 Å². The summed E-state index contributed by atoms with van der Waals surface area (Å²) in [5.41, 5.74) is -0.0516. The van der Waals surface area contributed by atoms with E-state index in [2.05, 4.69) is 5.92 Å². The van der Waals surface area contributed by atoms with Gasteiger partial charge < -0.3 is 24.1 Å². The Morgan fingerprint density at radius 3 is 2.45 bits per heavy atom. The lowest BCUT2D eigenvalue weighted by Gasteiger charge is -2.19. The number of ether oxygens (including phenoxy) is 3. The van der Waals surface area contributed by atoms with E-state index < -0.39 is 12.1 Å². The van der Waals surface area contributed by atoms with Gasteiger partial charge in [-0.15, -0.1) is 6.42 Å². The van der Waals surface area contributed by atoms with Gasteiger partial charge in [0, 0.05) is 11.5 Å². The molecule has 1 fully saturated rings. The Morgan fingerprint density at radius 2 is 2.00 bits per heavy atom. The van der Waals surface area contributed by atoms with Crippen molar-refractivity contribution in [3.05, 3.63) is 17.7 Å². The predicted molar refractivity (Wildman–Crippen MR) is 69.8 cm³/mol. The van der Waals surface area contributed by atoms with Crippen LogP contribution >= 0.6 is 0 Å². The molecule has 1 atom stereocenters. The van der Waals surface area contributed by atoms with Gasteiger partial charge >= 0.3 is 0 Å². The largest absolute Gasteiger partial charge is 0.545 e. The summed E-state index contributed by atoms with van der Waals surface area (Å²) in [5.74, 6) is 2.38. The van der Waals surface area contributed by atoms with Crippen molar-refractivity contribution >= 4 is 5.97 Å².